The van der Waals surface area contributed by atoms with Crippen molar-refractivity contribution < 1.29 is 4.79 Å². The zero-order valence-corrected chi connectivity index (χ0v) is 16.2. The molecule has 2 aromatic rings. The van der Waals surface area contributed by atoms with Gasteiger partial charge in [0.25, 0.3) is 0 Å². The number of hydrogen-bond donors (Lipinski definition) is 1. The molecule has 6 rings (SSSR count). The van der Waals surface area contributed by atoms with Crippen LogP contribution < -0.4 is 5.32 Å². The molecule has 1 N–H and O–H groups in total. The quantitative estimate of drug-likeness (QED) is 0.784. The first-order chi connectivity index (χ1) is 12.7. The summed E-state index contributed by atoms with van der Waals surface area (Å²) in [5, 5.41) is 4.45. The minimum atomic E-state index is 0.238. The third-order valence-corrected chi connectivity index (χ3v) is 8.05. The zero-order chi connectivity index (χ0) is 17.6. The van der Waals surface area contributed by atoms with Gasteiger partial charge in [0.2, 0.25) is 5.91 Å². The van der Waals surface area contributed by atoms with Crippen LogP contribution in [0.3, 0.4) is 0 Å². The van der Waals surface area contributed by atoms with E-state index in [0.29, 0.717) is 11.8 Å². The molecule has 0 atom stereocenters. The molecular formula is C22H28N2OS. The van der Waals surface area contributed by atoms with Crippen molar-refractivity contribution >= 4 is 27.5 Å². The van der Waals surface area contributed by atoms with E-state index >= 15 is 0 Å². The molecule has 4 bridgehead atoms. The Morgan fingerprint density at radius 3 is 2.50 bits per heavy atom. The van der Waals surface area contributed by atoms with Crippen LogP contribution in [-0.2, 0) is 11.2 Å². The summed E-state index contributed by atoms with van der Waals surface area (Å²) in [7, 11) is 0. The van der Waals surface area contributed by atoms with Gasteiger partial charge in [0.1, 0.15) is 0 Å². The third-order valence-electron chi connectivity index (χ3n) is 6.96. The van der Waals surface area contributed by atoms with Gasteiger partial charge in [-0.2, -0.15) is 0 Å². The normalized spacial score (nSPS) is 32.2. The molecule has 4 fully saturated rings. The van der Waals surface area contributed by atoms with Crippen molar-refractivity contribution in [3.63, 3.8) is 0 Å². The van der Waals surface area contributed by atoms with Crippen LogP contribution in [0.25, 0.3) is 10.2 Å². The monoisotopic (exact) mass is 368 g/mol. The Bertz CT molecular complexity index is 743. The summed E-state index contributed by atoms with van der Waals surface area (Å²) in [5.41, 5.74) is 1.52. The van der Waals surface area contributed by atoms with Crippen LogP contribution in [0.4, 0.5) is 0 Å². The van der Waals surface area contributed by atoms with Gasteiger partial charge in [-0.3, -0.25) is 4.79 Å². The van der Waals surface area contributed by atoms with Crippen molar-refractivity contribution in [1.29, 1.82) is 0 Å². The van der Waals surface area contributed by atoms with Crippen molar-refractivity contribution in [2.24, 2.45) is 23.2 Å². The first kappa shape index (κ1) is 16.7. The highest BCUT2D eigenvalue weighted by molar-refractivity contribution is 7.18. The second-order valence-electron chi connectivity index (χ2n) is 9.12. The maximum Gasteiger partial charge on any atom is 0.220 e. The number of rotatable bonds is 6. The lowest BCUT2D eigenvalue weighted by atomic mass is 9.49. The number of aromatic nitrogens is 1. The van der Waals surface area contributed by atoms with E-state index in [4.69, 9.17) is 0 Å². The largest absolute Gasteiger partial charge is 0.356 e. The van der Waals surface area contributed by atoms with E-state index in [2.05, 4.69) is 28.5 Å². The van der Waals surface area contributed by atoms with Crippen LogP contribution in [0.2, 0.25) is 0 Å². The molecule has 1 aromatic carbocycles. The maximum atomic E-state index is 12.4. The number of para-hydroxylation sites is 1. The van der Waals surface area contributed by atoms with Crippen molar-refractivity contribution in [2.75, 3.05) is 6.54 Å². The maximum absolute atomic E-state index is 12.4. The standard InChI is InChI=1S/C22H28N2OS/c25-20(6-3-7-21-24-18-4-1-2-5-19(18)26-21)23-14-22-11-15-8-16(12-22)10-17(9-15)13-22/h1-2,4-5,15-17H,3,6-14H2,(H,23,25). The fourth-order valence-corrected chi connectivity index (χ4v) is 7.32. The Kier molecular flexibility index (Phi) is 4.27. The van der Waals surface area contributed by atoms with Gasteiger partial charge < -0.3 is 5.32 Å². The Morgan fingerprint density at radius 2 is 1.81 bits per heavy atom. The molecular weight excluding hydrogens is 340 g/mol. The number of benzene rings is 1. The van der Waals surface area contributed by atoms with Crippen molar-refractivity contribution in [1.82, 2.24) is 10.3 Å². The zero-order valence-electron chi connectivity index (χ0n) is 15.4. The van der Waals surface area contributed by atoms with Crippen molar-refractivity contribution in [3.05, 3.63) is 29.3 Å². The lowest BCUT2D eigenvalue weighted by molar-refractivity contribution is -0.123. The predicted molar refractivity (Wildman–Crippen MR) is 106 cm³/mol. The highest BCUT2D eigenvalue weighted by Crippen LogP contribution is 2.59. The smallest absolute Gasteiger partial charge is 0.220 e. The molecule has 4 heteroatoms. The van der Waals surface area contributed by atoms with Crippen LogP contribution in [0.1, 0.15) is 56.4 Å². The summed E-state index contributed by atoms with van der Waals surface area (Å²) in [5.74, 6) is 3.11. The summed E-state index contributed by atoms with van der Waals surface area (Å²) in [6.45, 7) is 0.927. The van der Waals surface area contributed by atoms with Crippen molar-refractivity contribution in [2.45, 2.75) is 57.8 Å². The molecule has 0 spiro atoms. The number of thiazole rings is 1. The average Bonchev–Trinajstić information content (AvgIpc) is 3.02. The van der Waals surface area contributed by atoms with Crippen LogP contribution >= 0.6 is 11.3 Å². The Morgan fingerprint density at radius 1 is 1.12 bits per heavy atom. The van der Waals surface area contributed by atoms with Gasteiger partial charge in [0, 0.05) is 13.0 Å². The molecule has 0 saturated heterocycles. The number of carbonyl (C=O) groups excluding carboxylic acids is 1. The van der Waals surface area contributed by atoms with Crippen LogP contribution in [0.5, 0.6) is 0 Å². The van der Waals surface area contributed by atoms with Crippen LogP contribution in [-0.4, -0.2) is 17.4 Å². The summed E-state index contributed by atoms with van der Waals surface area (Å²) in [6.07, 6.45) is 10.9. The Balaban J connectivity index is 1.10. The minimum absolute atomic E-state index is 0.238. The van der Waals surface area contributed by atoms with E-state index in [1.54, 1.807) is 11.3 Å². The SMILES string of the molecule is O=C(CCCc1nc2ccccc2s1)NCC12CC3CC(CC(C3)C1)C2. The van der Waals surface area contributed by atoms with Gasteiger partial charge in [-0.15, -0.1) is 11.3 Å². The van der Waals surface area contributed by atoms with Gasteiger partial charge in [-0.1, -0.05) is 12.1 Å². The number of nitrogens with zero attached hydrogens (tertiary/aromatic N) is 1. The molecule has 1 amide bonds. The van der Waals surface area contributed by atoms with E-state index in [9.17, 15) is 4.79 Å². The molecule has 0 unspecified atom stereocenters. The van der Waals surface area contributed by atoms with E-state index in [1.165, 1.54) is 43.2 Å². The predicted octanol–water partition coefficient (Wildman–Crippen LogP) is 4.95. The molecule has 26 heavy (non-hydrogen) atoms. The summed E-state index contributed by atoms with van der Waals surface area (Å²) in [4.78, 5) is 17.0. The van der Waals surface area contributed by atoms with E-state index in [1.807, 2.05) is 6.07 Å². The lowest BCUT2D eigenvalue weighted by Crippen LogP contribution is -2.51. The van der Waals surface area contributed by atoms with Gasteiger partial charge >= 0.3 is 0 Å². The molecule has 4 saturated carbocycles. The lowest BCUT2D eigenvalue weighted by Gasteiger charge is -2.56. The van der Waals surface area contributed by atoms with E-state index in [0.717, 1.165) is 47.7 Å². The number of carbonyl (C=O) groups is 1. The second kappa shape index (κ2) is 6.63. The average molecular weight is 369 g/mol. The minimum Gasteiger partial charge on any atom is -0.356 e. The van der Waals surface area contributed by atoms with Gasteiger partial charge in [-0.05, 0) is 86.7 Å². The fourth-order valence-electron chi connectivity index (χ4n) is 6.31. The summed E-state index contributed by atoms with van der Waals surface area (Å²) in [6, 6.07) is 8.27. The topological polar surface area (TPSA) is 42.0 Å². The first-order valence-corrected chi connectivity index (χ1v) is 11.1. The van der Waals surface area contributed by atoms with Crippen LogP contribution in [0, 0.1) is 23.2 Å². The highest BCUT2D eigenvalue weighted by Gasteiger charge is 2.50. The third kappa shape index (κ3) is 3.28. The second-order valence-corrected chi connectivity index (χ2v) is 10.2. The van der Waals surface area contributed by atoms with Gasteiger partial charge in [0.05, 0.1) is 15.2 Å². The number of aryl methyl sites for hydroxylation is 1. The first-order valence-electron chi connectivity index (χ1n) is 10.3. The van der Waals surface area contributed by atoms with Gasteiger partial charge in [0.15, 0.2) is 0 Å². The van der Waals surface area contributed by atoms with Crippen molar-refractivity contribution in [3.8, 4) is 0 Å². The van der Waals surface area contributed by atoms with Crippen LogP contribution in [0.15, 0.2) is 24.3 Å². The summed E-state index contributed by atoms with van der Waals surface area (Å²) >= 11 is 1.76. The number of hydrogen-bond acceptors (Lipinski definition) is 3. The molecule has 3 nitrogen and oxygen atoms in total. The molecule has 0 radical (unpaired) electrons. The molecule has 1 aromatic heterocycles. The number of nitrogens with one attached hydrogen (secondary N) is 1. The number of amides is 1. The Labute approximate surface area is 159 Å². The van der Waals surface area contributed by atoms with E-state index in [-0.39, 0.29) is 5.91 Å². The van der Waals surface area contributed by atoms with Gasteiger partial charge in [-0.25, -0.2) is 4.98 Å². The fraction of sp³-hybridized carbons (Fsp3) is 0.636. The molecule has 4 aliphatic carbocycles. The Hall–Kier alpha value is -1.42. The van der Waals surface area contributed by atoms with E-state index < -0.39 is 0 Å². The molecule has 4 aliphatic rings. The molecule has 0 aliphatic heterocycles. The molecule has 1 heterocycles. The number of fused-ring (bicyclic) bond motifs is 1. The highest BCUT2D eigenvalue weighted by atomic mass is 32.1. The molecule has 138 valence electrons. The summed E-state index contributed by atoms with van der Waals surface area (Å²) < 4.78 is 1.24.